The van der Waals surface area contributed by atoms with Crippen molar-refractivity contribution in [2.24, 2.45) is 5.11 Å². The van der Waals surface area contributed by atoms with Gasteiger partial charge in [0.15, 0.2) is 5.78 Å². The molecule has 1 N–H and O–H groups in total. The molecule has 0 radical (unpaired) electrons. The Balaban J connectivity index is 2.30. The van der Waals surface area contributed by atoms with Gasteiger partial charge in [0.2, 0.25) is 5.91 Å². The summed E-state index contributed by atoms with van der Waals surface area (Å²) in [5.74, 6) is -0.322. The second-order valence-corrected chi connectivity index (χ2v) is 6.12. The highest BCUT2D eigenvalue weighted by Gasteiger charge is 2.41. The van der Waals surface area contributed by atoms with E-state index in [4.69, 9.17) is 15.0 Å². The molecule has 0 aromatic heterocycles. The topological polar surface area (TPSA) is 117 Å². The molecular formula is C16H24N4O4. The molecule has 8 heteroatoms. The maximum absolute atomic E-state index is 12.3. The van der Waals surface area contributed by atoms with Gasteiger partial charge in [0, 0.05) is 11.8 Å². The highest BCUT2D eigenvalue weighted by atomic mass is 16.6. The van der Waals surface area contributed by atoms with Crippen molar-refractivity contribution in [3.05, 3.63) is 22.1 Å². The molecule has 2 aliphatic rings. The smallest absolute Gasteiger partial charge is 0.217 e. The predicted molar refractivity (Wildman–Crippen MR) is 87.2 cm³/mol. The molecule has 2 rings (SSSR count). The number of carbonyl (C=O) groups excluding carboxylic acids is 2. The quantitative estimate of drug-likeness (QED) is 0.316. The zero-order valence-electron chi connectivity index (χ0n) is 14.3. The lowest BCUT2D eigenvalue weighted by Crippen LogP contribution is -2.53. The number of Topliss-reactive ketones (excluding diaryl/α,β-unsaturated/α-hetero) is 1. The van der Waals surface area contributed by atoms with Crippen molar-refractivity contribution in [3.63, 3.8) is 0 Å². The molecule has 1 heterocycles. The largest absolute Gasteiger partial charge is 0.369 e. The summed E-state index contributed by atoms with van der Waals surface area (Å²) >= 11 is 0. The Morgan fingerprint density at radius 3 is 2.67 bits per heavy atom. The highest BCUT2D eigenvalue weighted by Crippen LogP contribution is 2.29. The van der Waals surface area contributed by atoms with Gasteiger partial charge in [-0.05, 0) is 36.4 Å². The molecule has 1 aliphatic carbocycles. The number of ketones is 1. The van der Waals surface area contributed by atoms with Crippen molar-refractivity contribution in [2.45, 2.75) is 70.4 Å². The molecule has 1 amide bonds. The summed E-state index contributed by atoms with van der Waals surface area (Å²) < 4.78 is 11.2. The first-order chi connectivity index (χ1) is 11.5. The van der Waals surface area contributed by atoms with Gasteiger partial charge in [-0.1, -0.05) is 19.0 Å². The van der Waals surface area contributed by atoms with E-state index in [2.05, 4.69) is 15.3 Å². The first-order valence-electron chi connectivity index (χ1n) is 8.33. The average Bonchev–Trinajstić information content (AvgIpc) is 3.38. The summed E-state index contributed by atoms with van der Waals surface area (Å²) in [5, 5.41) is 6.60. The van der Waals surface area contributed by atoms with Gasteiger partial charge >= 0.3 is 0 Å². The SMILES string of the molecule is CCC(CC)O[C@@H]1C=C(C(=O)C2CO2)C[C@H](N=[N+]=[N-])[C@H]1NC(C)=O. The van der Waals surface area contributed by atoms with Gasteiger partial charge in [0.1, 0.15) is 6.10 Å². The summed E-state index contributed by atoms with van der Waals surface area (Å²) in [6, 6.07) is -1.06. The average molecular weight is 336 g/mol. The van der Waals surface area contributed by atoms with E-state index in [1.54, 1.807) is 6.08 Å². The van der Waals surface area contributed by atoms with E-state index < -0.39 is 24.3 Å². The standard InChI is InChI=1S/C16H24N4O4/c1-4-11(5-2)24-13-7-10(16(22)14-8-23-14)6-12(19-20-17)15(13)18-9(3)21/h7,11-15H,4-6,8H2,1-3H3,(H,18,21)/t12-,13+,14?,15+/m0/s1. The minimum absolute atomic E-state index is 0.000788. The van der Waals surface area contributed by atoms with Crippen molar-refractivity contribution in [3.8, 4) is 0 Å². The molecular weight excluding hydrogens is 312 g/mol. The maximum atomic E-state index is 12.3. The van der Waals surface area contributed by atoms with Crippen LogP contribution >= 0.6 is 0 Å². The van der Waals surface area contributed by atoms with Crippen LogP contribution < -0.4 is 5.32 Å². The third kappa shape index (κ3) is 4.56. The predicted octanol–water partition coefficient (Wildman–Crippen LogP) is 2.04. The number of epoxide rings is 1. The molecule has 0 aromatic rings. The van der Waals surface area contributed by atoms with Crippen molar-refractivity contribution in [1.82, 2.24) is 5.32 Å². The summed E-state index contributed by atoms with van der Waals surface area (Å²) in [7, 11) is 0. The van der Waals surface area contributed by atoms with Crippen LogP contribution in [0, 0.1) is 0 Å². The van der Waals surface area contributed by atoms with Gasteiger partial charge in [-0.25, -0.2) is 0 Å². The molecule has 0 spiro atoms. The number of hydrogen-bond donors (Lipinski definition) is 1. The van der Waals surface area contributed by atoms with Crippen LogP contribution in [0.2, 0.25) is 0 Å². The summed E-state index contributed by atoms with van der Waals surface area (Å²) in [5.41, 5.74) is 9.40. The Morgan fingerprint density at radius 2 is 2.17 bits per heavy atom. The Labute approximate surface area is 141 Å². The molecule has 1 aliphatic heterocycles. The number of nitrogens with zero attached hydrogens (tertiary/aromatic N) is 3. The number of azide groups is 1. The number of hydrogen-bond acceptors (Lipinski definition) is 5. The fraction of sp³-hybridized carbons (Fsp3) is 0.750. The van der Waals surface area contributed by atoms with Crippen molar-refractivity contribution < 1.29 is 19.1 Å². The van der Waals surface area contributed by atoms with E-state index in [0.717, 1.165) is 12.8 Å². The highest BCUT2D eigenvalue weighted by molar-refractivity contribution is 6.00. The van der Waals surface area contributed by atoms with E-state index in [-0.39, 0.29) is 24.2 Å². The van der Waals surface area contributed by atoms with E-state index >= 15 is 0 Å². The van der Waals surface area contributed by atoms with Crippen LogP contribution in [0.3, 0.4) is 0 Å². The number of nitrogens with one attached hydrogen (secondary N) is 1. The van der Waals surface area contributed by atoms with Crippen LogP contribution in [-0.4, -0.2) is 48.7 Å². The molecule has 132 valence electrons. The first kappa shape index (κ1) is 18.4. The molecule has 0 saturated carbocycles. The molecule has 8 nitrogen and oxygen atoms in total. The van der Waals surface area contributed by atoms with Crippen LogP contribution in [0.5, 0.6) is 0 Å². The number of rotatable bonds is 8. The normalized spacial score (nSPS) is 28.8. The summed E-state index contributed by atoms with van der Waals surface area (Å²) in [6.07, 6.45) is 2.75. The first-order valence-corrected chi connectivity index (χ1v) is 8.33. The van der Waals surface area contributed by atoms with Gasteiger partial charge in [-0.15, -0.1) is 0 Å². The molecule has 0 aromatic carbocycles. The number of carbonyl (C=O) groups is 2. The van der Waals surface area contributed by atoms with Crippen LogP contribution in [0.25, 0.3) is 10.4 Å². The summed E-state index contributed by atoms with van der Waals surface area (Å²) in [6.45, 7) is 5.87. The van der Waals surface area contributed by atoms with Gasteiger partial charge in [-0.2, -0.15) is 0 Å². The molecule has 4 atom stereocenters. The van der Waals surface area contributed by atoms with Crippen LogP contribution in [-0.2, 0) is 19.1 Å². The zero-order valence-corrected chi connectivity index (χ0v) is 14.3. The molecule has 1 fully saturated rings. The van der Waals surface area contributed by atoms with Gasteiger partial charge in [0.25, 0.3) is 0 Å². The van der Waals surface area contributed by atoms with E-state index in [1.807, 2.05) is 13.8 Å². The lowest BCUT2D eigenvalue weighted by atomic mass is 9.85. The Bertz CT molecular complexity index is 562. The van der Waals surface area contributed by atoms with Crippen LogP contribution in [0.1, 0.15) is 40.0 Å². The van der Waals surface area contributed by atoms with Gasteiger partial charge in [-0.3, -0.25) is 9.59 Å². The van der Waals surface area contributed by atoms with Gasteiger partial charge in [0.05, 0.1) is 30.9 Å². The fourth-order valence-electron chi connectivity index (χ4n) is 2.95. The third-order valence-corrected chi connectivity index (χ3v) is 4.34. The Hall–Kier alpha value is -1.89. The lowest BCUT2D eigenvalue weighted by Gasteiger charge is -2.36. The van der Waals surface area contributed by atoms with Crippen molar-refractivity contribution >= 4 is 11.7 Å². The van der Waals surface area contributed by atoms with E-state index in [9.17, 15) is 9.59 Å². The third-order valence-electron chi connectivity index (χ3n) is 4.34. The lowest BCUT2D eigenvalue weighted by molar-refractivity contribution is -0.121. The second kappa shape index (κ2) is 8.28. The van der Waals surface area contributed by atoms with Crippen molar-refractivity contribution in [2.75, 3.05) is 6.61 Å². The fourth-order valence-corrected chi connectivity index (χ4v) is 2.95. The molecule has 24 heavy (non-hydrogen) atoms. The maximum Gasteiger partial charge on any atom is 0.217 e. The second-order valence-electron chi connectivity index (χ2n) is 6.12. The van der Waals surface area contributed by atoms with Gasteiger partial charge < -0.3 is 14.8 Å². The Kier molecular flexibility index (Phi) is 6.36. The van der Waals surface area contributed by atoms with E-state index in [0.29, 0.717) is 12.2 Å². The van der Waals surface area contributed by atoms with E-state index in [1.165, 1.54) is 6.92 Å². The minimum Gasteiger partial charge on any atom is -0.369 e. The molecule has 1 saturated heterocycles. The minimum atomic E-state index is -0.569. The van der Waals surface area contributed by atoms with Crippen molar-refractivity contribution in [1.29, 1.82) is 0 Å². The van der Waals surface area contributed by atoms with Crippen LogP contribution in [0.4, 0.5) is 0 Å². The Morgan fingerprint density at radius 1 is 1.50 bits per heavy atom. The monoisotopic (exact) mass is 336 g/mol. The number of ether oxygens (including phenoxy) is 2. The number of amides is 1. The summed E-state index contributed by atoms with van der Waals surface area (Å²) in [4.78, 5) is 26.8. The zero-order chi connectivity index (χ0) is 17.7. The van der Waals surface area contributed by atoms with Crippen LogP contribution in [0.15, 0.2) is 16.8 Å². The molecule has 1 unspecified atom stereocenters. The molecule has 0 bridgehead atoms.